The van der Waals surface area contributed by atoms with E-state index in [4.69, 9.17) is 5.11 Å². The number of amides is 1. The van der Waals surface area contributed by atoms with Gasteiger partial charge in [0.1, 0.15) is 6.04 Å². The lowest BCUT2D eigenvalue weighted by Crippen LogP contribution is -2.49. The van der Waals surface area contributed by atoms with Crippen LogP contribution in [0.1, 0.15) is 27.2 Å². The smallest absolute Gasteiger partial charge is 0.422 e. The minimum Gasteiger partial charge on any atom is -0.480 e. The number of carboxylic acid groups (broad SMARTS) is 1. The number of hydrogen-bond donors (Lipinski definition) is 2. The summed E-state index contributed by atoms with van der Waals surface area (Å²) in [6.45, 7) is 4.86. The molecule has 19 heavy (non-hydrogen) atoms. The van der Waals surface area contributed by atoms with Gasteiger partial charge in [-0.15, -0.1) is 0 Å². The van der Waals surface area contributed by atoms with E-state index in [2.05, 4.69) is 4.74 Å². The van der Waals surface area contributed by atoms with Crippen molar-refractivity contribution in [2.24, 2.45) is 5.92 Å². The summed E-state index contributed by atoms with van der Waals surface area (Å²) < 4.78 is 31.0. The summed E-state index contributed by atoms with van der Waals surface area (Å²) in [6.07, 6.45) is -1.15. The van der Waals surface area contributed by atoms with Crippen LogP contribution in [0, 0.1) is 5.92 Å². The molecular weight excluding hydrogens is 276 g/mol. The van der Waals surface area contributed by atoms with Crippen LogP contribution in [0.2, 0.25) is 0 Å². The Morgan fingerprint density at radius 2 is 2.00 bits per heavy atom. The van der Waals surface area contributed by atoms with Crippen LogP contribution in [0.15, 0.2) is 0 Å². The molecule has 1 aliphatic heterocycles. The fraction of sp³-hybridized carbons (Fsp3) is 0.800. The molecule has 0 aromatic heterocycles. The highest BCUT2D eigenvalue weighted by atomic mass is 32.2. The lowest BCUT2D eigenvalue weighted by Gasteiger charge is -2.22. The molecule has 0 aliphatic carbocycles. The van der Waals surface area contributed by atoms with E-state index in [0.29, 0.717) is 6.42 Å². The number of carbonyl (C=O) groups excluding carboxylic acids is 1. The topological polar surface area (TPSA) is 113 Å². The van der Waals surface area contributed by atoms with Crippen LogP contribution in [-0.2, 0) is 19.7 Å². The van der Waals surface area contributed by atoms with Crippen LogP contribution in [0.3, 0.4) is 0 Å². The monoisotopic (exact) mass is 294 g/mol. The lowest BCUT2D eigenvalue weighted by molar-refractivity contribution is -0.141. The van der Waals surface area contributed by atoms with Gasteiger partial charge < -0.3 is 9.84 Å². The van der Waals surface area contributed by atoms with Gasteiger partial charge in [0, 0.05) is 6.54 Å². The Labute approximate surface area is 111 Å². The highest BCUT2D eigenvalue weighted by molar-refractivity contribution is 7.87. The summed E-state index contributed by atoms with van der Waals surface area (Å²) in [5, 5.41) is 9.05. The molecule has 1 rings (SSSR count). The summed E-state index contributed by atoms with van der Waals surface area (Å²) in [4.78, 5) is 22.4. The average Bonchev–Trinajstić information content (AvgIpc) is 2.58. The van der Waals surface area contributed by atoms with Crippen LogP contribution in [0.5, 0.6) is 0 Å². The lowest BCUT2D eigenvalue weighted by atomic mass is 10.0. The standard InChI is InChI=1S/C10H18N2O6S/c1-6(2)18-10(15)11-19(16,17)12-5-4-7(3)8(12)9(13)14/h6-8H,4-5H2,1-3H3,(H,11,15)(H,13,14). The molecular formula is C10H18N2O6S. The van der Waals surface area contributed by atoms with E-state index in [0.717, 1.165) is 4.31 Å². The van der Waals surface area contributed by atoms with Crippen LogP contribution in [0.25, 0.3) is 0 Å². The van der Waals surface area contributed by atoms with Crippen molar-refractivity contribution in [1.82, 2.24) is 9.03 Å². The van der Waals surface area contributed by atoms with Gasteiger partial charge in [-0.05, 0) is 26.2 Å². The summed E-state index contributed by atoms with van der Waals surface area (Å²) in [6, 6.07) is -1.16. The Kier molecular flexibility index (Phi) is 4.75. The number of nitrogens with zero attached hydrogens (tertiary/aromatic N) is 1. The van der Waals surface area contributed by atoms with E-state index in [1.54, 1.807) is 25.5 Å². The van der Waals surface area contributed by atoms with Crippen LogP contribution in [-0.4, -0.2) is 48.6 Å². The number of carboxylic acids is 1. The number of aliphatic carboxylic acids is 1. The molecule has 0 saturated carbocycles. The maximum absolute atomic E-state index is 11.9. The van der Waals surface area contributed by atoms with Crippen molar-refractivity contribution in [2.75, 3.05) is 6.54 Å². The molecule has 110 valence electrons. The Balaban J connectivity index is 2.83. The van der Waals surface area contributed by atoms with Gasteiger partial charge in [0.25, 0.3) is 0 Å². The molecule has 1 aliphatic rings. The molecule has 2 N–H and O–H groups in total. The van der Waals surface area contributed by atoms with E-state index >= 15 is 0 Å². The molecule has 2 atom stereocenters. The van der Waals surface area contributed by atoms with Gasteiger partial charge >= 0.3 is 22.3 Å². The number of carbonyl (C=O) groups is 2. The quantitative estimate of drug-likeness (QED) is 0.763. The molecule has 9 heteroatoms. The molecule has 8 nitrogen and oxygen atoms in total. The zero-order valence-corrected chi connectivity index (χ0v) is 11.8. The van der Waals surface area contributed by atoms with Crippen molar-refractivity contribution >= 4 is 22.3 Å². The van der Waals surface area contributed by atoms with Gasteiger partial charge in [-0.3, -0.25) is 4.79 Å². The fourth-order valence-electron chi connectivity index (χ4n) is 1.95. The van der Waals surface area contributed by atoms with E-state index in [1.807, 2.05) is 0 Å². The Morgan fingerprint density at radius 3 is 2.47 bits per heavy atom. The first-order valence-corrected chi connectivity index (χ1v) is 7.32. The van der Waals surface area contributed by atoms with Crippen LogP contribution < -0.4 is 4.72 Å². The average molecular weight is 294 g/mol. The Morgan fingerprint density at radius 1 is 1.42 bits per heavy atom. The van der Waals surface area contributed by atoms with Gasteiger partial charge in [-0.25, -0.2) is 9.52 Å². The third-order valence-electron chi connectivity index (χ3n) is 2.77. The predicted molar refractivity (Wildman–Crippen MR) is 65.6 cm³/mol. The zero-order valence-electron chi connectivity index (χ0n) is 11.0. The molecule has 0 radical (unpaired) electrons. The van der Waals surface area contributed by atoms with Gasteiger partial charge in [0.05, 0.1) is 6.10 Å². The van der Waals surface area contributed by atoms with Gasteiger partial charge in [0.2, 0.25) is 0 Å². The van der Waals surface area contributed by atoms with Crippen molar-refractivity contribution in [3.8, 4) is 0 Å². The third kappa shape index (κ3) is 3.80. The minimum atomic E-state index is -4.20. The third-order valence-corrected chi connectivity index (χ3v) is 4.22. The molecule has 0 bridgehead atoms. The van der Waals surface area contributed by atoms with Crippen molar-refractivity contribution in [2.45, 2.75) is 39.3 Å². The molecule has 1 heterocycles. The van der Waals surface area contributed by atoms with Crippen LogP contribution >= 0.6 is 0 Å². The van der Waals surface area contributed by atoms with Crippen molar-refractivity contribution < 1.29 is 27.9 Å². The molecule has 0 aromatic rings. The largest absolute Gasteiger partial charge is 0.480 e. The number of hydrogen-bond acceptors (Lipinski definition) is 5. The van der Waals surface area contributed by atoms with Crippen molar-refractivity contribution in [3.63, 3.8) is 0 Å². The van der Waals surface area contributed by atoms with Gasteiger partial charge in [-0.2, -0.15) is 12.7 Å². The summed E-state index contributed by atoms with van der Waals surface area (Å²) in [5.74, 6) is -1.54. The predicted octanol–water partition coefficient (Wildman–Crippen LogP) is 0.161. The van der Waals surface area contributed by atoms with E-state index < -0.39 is 34.4 Å². The Bertz CT molecular complexity index is 461. The fourth-order valence-corrected chi connectivity index (χ4v) is 3.27. The number of nitrogens with one attached hydrogen (secondary N) is 1. The Hall–Kier alpha value is -1.35. The maximum atomic E-state index is 11.9. The minimum absolute atomic E-state index is 0.0580. The zero-order chi connectivity index (χ0) is 14.8. The molecule has 1 amide bonds. The van der Waals surface area contributed by atoms with Gasteiger partial charge in [0.15, 0.2) is 0 Å². The first-order valence-electron chi connectivity index (χ1n) is 5.88. The molecule has 1 fully saturated rings. The van der Waals surface area contributed by atoms with Crippen LogP contribution in [0.4, 0.5) is 4.79 Å². The second-order valence-electron chi connectivity index (χ2n) is 4.72. The molecule has 1 saturated heterocycles. The number of ether oxygens (including phenoxy) is 1. The van der Waals surface area contributed by atoms with Crippen molar-refractivity contribution in [3.05, 3.63) is 0 Å². The first-order chi connectivity index (χ1) is 8.65. The SMILES string of the molecule is CC(C)OC(=O)NS(=O)(=O)N1CCC(C)C1C(=O)O. The molecule has 0 aromatic carbocycles. The maximum Gasteiger partial charge on any atom is 0.422 e. The van der Waals surface area contributed by atoms with E-state index in [9.17, 15) is 18.0 Å². The highest BCUT2D eigenvalue weighted by Crippen LogP contribution is 2.26. The molecule has 2 unspecified atom stereocenters. The second-order valence-corrected chi connectivity index (χ2v) is 6.34. The number of rotatable bonds is 4. The highest BCUT2D eigenvalue weighted by Gasteiger charge is 2.44. The summed E-state index contributed by atoms with van der Waals surface area (Å²) in [5.41, 5.74) is 0. The van der Waals surface area contributed by atoms with E-state index in [1.165, 1.54) is 0 Å². The van der Waals surface area contributed by atoms with E-state index in [-0.39, 0.29) is 12.5 Å². The normalized spacial score (nSPS) is 24.4. The molecule has 0 spiro atoms. The van der Waals surface area contributed by atoms with Crippen molar-refractivity contribution in [1.29, 1.82) is 0 Å². The second kappa shape index (κ2) is 5.74. The summed E-state index contributed by atoms with van der Waals surface area (Å²) >= 11 is 0. The summed E-state index contributed by atoms with van der Waals surface area (Å²) in [7, 11) is -4.20. The van der Waals surface area contributed by atoms with Gasteiger partial charge in [-0.1, -0.05) is 6.92 Å². The first kappa shape index (κ1) is 15.7.